The maximum absolute atomic E-state index is 11.1. The van der Waals surface area contributed by atoms with E-state index in [9.17, 15) is 9.90 Å². The Labute approximate surface area is 90.6 Å². The Bertz CT molecular complexity index is 176. The maximum Gasteiger partial charge on any atom is 0.316 e. The summed E-state index contributed by atoms with van der Waals surface area (Å²) in [6, 6.07) is -0.116. The van der Waals surface area contributed by atoms with Gasteiger partial charge in [0.25, 0.3) is 0 Å². The fourth-order valence-corrected chi connectivity index (χ4v) is 0.936. The number of hydrogen-bond acceptors (Lipinski definition) is 4. The fourth-order valence-electron chi connectivity index (χ4n) is 0.936. The fraction of sp³-hybridized carbons (Fsp3) is 0.889. The van der Waals surface area contributed by atoms with Crippen LogP contribution in [-0.2, 0) is 4.74 Å². The van der Waals surface area contributed by atoms with Crippen LogP contribution >= 0.6 is 0 Å². The number of nitrogens with one attached hydrogen (secondary N) is 2. The Morgan fingerprint density at radius 1 is 1.47 bits per heavy atom. The molecule has 0 radical (unpaired) electrons. The molecule has 0 spiro atoms. The number of nitrogens with zero attached hydrogens (tertiary/aromatic N) is 1. The monoisotopic (exact) mass is 219 g/mol. The lowest BCUT2D eigenvalue weighted by Crippen LogP contribution is -2.40. The van der Waals surface area contributed by atoms with Gasteiger partial charge in [-0.3, -0.25) is 0 Å². The van der Waals surface area contributed by atoms with Gasteiger partial charge >= 0.3 is 6.03 Å². The van der Waals surface area contributed by atoms with Crippen LogP contribution in [0.25, 0.3) is 0 Å². The molecule has 0 rings (SSSR count). The first-order valence-corrected chi connectivity index (χ1v) is 4.90. The summed E-state index contributed by atoms with van der Waals surface area (Å²) >= 11 is 0. The summed E-state index contributed by atoms with van der Waals surface area (Å²) in [6.45, 7) is 1.94. The first-order valence-electron chi connectivity index (χ1n) is 4.90. The van der Waals surface area contributed by atoms with Crippen LogP contribution in [0, 0.1) is 0 Å². The second kappa shape index (κ2) is 8.46. The largest absolute Gasteiger partial charge is 0.389 e. The molecule has 3 N–H and O–H groups in total. The Morgan fingerprint density at radius 3 is 2.67 bits per heavy atom. The summed E-state index contributed by atoms with van der Waals surface area (Å²) in [7, 11) is 4.91. The summed E-state index contributed by atoms with van der Waals surface area (Å²) in [5.41, 5.74) is 0. The molecule has 0 aromatic rings. The van der Waals surface area contributed by atoms with Gasteiger partial charge in [0.15, 0.2) is 0 Å². The van der Waals surface area contributed by atoms with Gasteiger partial charge in [-0.05, 0) is 0 Å². The van der Waals surface area contributed by atoms with Gasteiger partial charge in [-0.25, -0.2) is 4.79 Å². The van der Waals surface area contributed by atoms with E-state index in [1.54, 1.807) is 21.2 Å². The Hall–Kier alpha value is -0.850. The van der Waals surface area contributed by atoms with Crippen molar-refractivity contribution in [3.63, 3.8) is 0 Å². The lowest BCUT2D eigenvalue weighted by Gasteiger charge is -2.13. The van der Waals surface area contributed by atoms with E-state index in [0.29, 0.717) is 26.2 Å². The van der Waals surface area contributed by atoms with Crippen molar-refractivity contribution >= 4 is 6.03 Å². The molecule has 0 aliphatic heterocycles. The number of carbonyl (C=O) groups excluding carboxylic acids is 1. The molecular formula is C9H21N3O3. The van der Waals surface area contributed by atoms with Crippen LogP contribution in [0.1, 0.15) is 0 Å². The highest BCUT2D eigenvalue weighted by atomic mass is 16.5. The average molecular weight is 219 g/mol. The molecule has 0 aliphatic carbocycles. The van der Waals surface area contributed by atoms with E-state index < -0.39 is 6.10 Å². The number of aliphatic hydroxyl groups excluding tert-OH is 1. The number of ether oxygens (including phenoxy) is 1. The van der Waals surface area contributed by atoms with E-state index in [2.05, 4.69) is 10.6 Å². The second-order valence-electron chi connectivity index (χ2n) is 3.44. The molecule has 0 aromatic carbocycles. The van der Waals surface area contributed by atoms with Crippen LogP contribution in [0.15, 0.2) is 0 Å². The molecule has 6 nitrogen and oxygen atoms in total. The van der Waals surface area contributed by atoms with Gasteiger partial charge in [0.05, 0.1) is 12.7 Å². The van der Waals surface area contributed by atoms with E-state index in [1.807, 2.05) is 0 Å². The Morgan fingerprint density at radius 2 is 2.13 bits per heavy atom. The standard InChI is InChI=1S/C9H21N3O3/c1-12(2)9(14)11-5-4-10-6-8(13)7-15-3/h8,10,13H,4-7H2,1-3H3,(H,11,14). The van der Waals surface area contributed by atoms with Crippen LogP contribution in [0.4, 0.5) is 4.79 Å². The van der Waals surface area contributed by atoms with Crippen molar-refractivity contribution in [2.24, 2.45) is 0 Å². The molecule has 1 unspecified atom stereocenters. The highest BCUT2D eigenvalue weighted by Gasteiger charge is 2.03. The summed E-state index contributed by atoms with van der Waals surface area (Å²) in [5, 5.41) is 15.0. The minimum Gasteiger partial charge on any atom is -0.389 e. The van der Waals surface area contributed by atoms with Gasteiger partial charge in [0, 0.05) is 40.8 Å². The van der Waals surface area contributed by atoms with E-state index in [0.717, 1.165) is 0 Å². The summed E-state index contributed by atoms with van der Waals surface area (Å²) < 4.78 is 4.76. The number of aliphatic hydroxyl groups is 1. The smallest absolute Gasteiger partial charge is 0.316 e. The third-order valence-corrected chi connectivity index (χ3v) is 1.72. The van der Waals surface area contributed by atoms with Gasteiger partial charge in [-0.1, -0.05) is 0 Å². The van der Waals surface area contributed by atoms with Gasteiger partial charge in [-0.15, -0.1) is 0 Å². The molecule has 0 bridgehead atoms. The predicted octanol–water partition coefficient (Wildman–Crippen LogP) is -1.15. The number of rotatable bonds is 7. The molecule has 0 fully saturated rings. The normalized spacial score (nSPS) is 12.3. The van der Waals surface area contributed by atoms with Gasteiger partial charge in [0.1, 0.15) is 0 Å². The van der Waals surface area contributed by atoms with Crippen LogP contribution in [0.5, 0.6) is 0 Å². The predicted molar refractivity (Wildman–Crippen MR) is 57.8 cm³/mol. The van der Waals surface area contributed by atoms with Gasteiger partial charge in [-0.2, -0.15) is 0 Å². The SMILES string of the molecule is COCC(O)CNCCNC(=O)N(C)C. The number of hydrogen-bond donors (Lipinski definition) is 3. The van der Waals surface area contributed by atoms with Crippen molar-refractivity contribution in [1.29, 1.82) is 0 Å². The number of carbonyl (C=O) groups is 1. The van der Waals surface area contributed by atoms with Crippen molar-refractivity contribution in [2.45, 2.75) is 6.10 Å². The summed E-state index contributed by atoms with van der Waals surface area (Å²) in [6.07, 6.45) is -0.500. The van der Waals surface area contributed by atoms with Crippen LogP contribution in [-0.4, -0.2) is 69.6 Å². The zero-order chi connectivity index (χ0) is 11.7. The van der Waals surface area contributed by atoms with E-state index in [-0.39, 0.29) is 6.03 Å². The number of methoxy groups -OCH3 is 1. The molecule has 6 heteroatoms. The molecule has 0 saturated carbocycles. The van der Waals surface area contributed by atoms with E-state index in [1.165, 1.54) is 4.90 Å². The highest BCUT2D eigenvalue weighted by Crippen LogP contribution is 1.80. The Balaban J connectivity index is 3.28. The first kappa shape index (κ1) is 14.2. The third-order valence-electron chi connectivity index (χ3n) is 1.72. The van der Waals surface area contributed by atoms with Crippen molar-refractivity contribution in [1.82, 2.24) is 15.5 Å². The van der Waals surface area contributed by atoms with E-state index in [4.69, 9.17) is 4.74 Å². The molecular weight excluding hydrogens is 198 g/mol. The molecule has 0 saturated heterocycles. The third kappa shape index (κ3) is 8.17. The molecule has 0 heterocycles. The van der Waals surface area contributed by atoms with Crippen molar-refractivity contribution in [2.75, 3.05) is 47.4 Å². The minimum absolute atomic E-state index is 0.116. The molecule has 1 atom stereocenters. The zero-order valence-electron chi connectivity index (χ0n) is 9.62. The second-order valence-corrected chi connectivity index (χ2v) is 3.44. The number of amides is 2. The average Bonchev–Trinajstić information content (AvgIpc) is 2.17. The van der Waals surface area contributed by atoms with Crippen molar-refractivity contribution in [3.8, 4) is 0 Å². The zero-order valence-corrected chi connectivity index (χ0v) is 9.62. The molecule has 90 valence electrons. The first-order chi connectivity index (χ1) is 7.07. The van der Waals surface area contributed by atoms with Crippen molar-refractivity contribution < 1.29 is 14.6 Å². The van der Waals surface area contributed by atoms with Crippen LogP contribution in [0.3, 0.4) is 0 Å². The molecule has 2 amide bonds. The molecule has 0 aromatic heterocycles. The summed E-state index contributed by atoms with van der Waals surface area (Å²) in [4.78, 5) is 12.5. The lowest BCUT2D eigenvalue weighted by atomic mass is 10.4. The van der Waals surface area contributed by atoms with Crippen molar-refractivity contribution in [3.05, 3.63) is 0 Å². The van der Waals surface area contributed by atoms with E-state index >= 15 is 0 Å². The Kier molecular flexibility index (Phi) is 7.98. The minimum atomic E-state index is -0.500. The number of urea groups is 1. The highest BCUT2D eigenvalue weighted by molar-refractivity contribution is 5.73. The quantitative estimate of drug-likeness (QED) is 0.473. The maximum atomic E-state index is 11.1. The summed E-state index contributed by atoms with van der Waals surface area (Å²) in [5.74, 6) is 0. The molecule has 15 heavy (non-hydrogen) atoms. The van der Waals surface area contributed by atoms with Crippen LogP contribution in [0.2, 0.25) is 0 Å². The van der Waals surface area contributed by atoms with Crippen LogP contribution < -0.4 is 10.6 Å². The van der Waals surface area contributed by atoms with Gasteiger partial charge in [0.2, 0.25) is 0 Å². The lowest BCUT2D eigenvalue weighted by molar-refractivity contribution is 0.0648. The molecule has 0 aliphatic rings. The topological polar surface area (TPSA) is 73.8 Å². The van der Waals surface area contributed by atoms with Gasteiger partial charge < -0.3 is 25.4 Å².